The second-order valence-electron chi connectivity index (χ2n) is 5.26. The van der Waals surface area contributed by atoms with E-state index in [-0.39, 0.29) is 0 Å². The fourth-order valence-electron chi connectivity index (χ4n) is 2.22. The number of aryl methyl sites for hydroxylation is 1. The van der Waals surface area contributed by atoms with Crippen LogP contribution in [0.25, 0.3) is 0 Å². The van der Waals surface area contributed by atoms with Crippen LogP contribution >= 0.6 is 15.9 Å². The van der Waals surface area contributed by atoms with E-state index in [0.29, 0.717) is 0 Å². The molecule has 2 aromatic carbocycles. The third kappa shape index (κ3) is 4.53. The molecule has 5 heteroatoms. The molecule has 0 aliphatic carbocycles. The van der Waals surface area contributed by atoms with Gasteiger partial charge >= 0.3 is 0 Å². The molecule has 0 radical (unpaired) electrons. The highest BCUT2D eigenvalue weighted by Gasteiger charge is 2.00. The fraction of sp³-hybridized carbons (Fsp3) is 0.111. The van der Waals surface area contributed by atoms with E-state index in [2.05, 4.69) is 67.7 Å². The van der Waals surface area contributed by atoms with Crippen LogP contribution < -0.4 is 10.6 Å². The fourth-order valence-corrected chi connectivity index (χ4v) is 2.48. The molecule has 1 heterocycles. The van der Waals surface area contributed by atoms with Crippen molar-refractivity contribution in [2.45, 2.75) is 13.5 Å². The van der Waals surface area contributed by atoms with Crippen molar-refractivity contribution in [2.75, 3.05) is 10.6 Å². The first-order chi connectivity index (χ1) is 11.2. The SMILES string of the molecule is Cc1cccc(CNc2cc(Nc3ccc(Br)cc3)ncn2)c1. The van der Waals surface area contributed by atoms with Crippen molar-refractivity contribution in [3.05, 3.63) is 76.5 Å². The normalized spacial score (nSPS) is 10.3. The van der Waals surface area contributed by atoms with Gasteiger partial charge < -0.3 is 10.6 Å². The highest BCUT2D eigenvalue weighted by molar-refractivity contribution is 9.10. The first-order valence-corrected chi connectivity index (χ1v) is 8.12. The van der Waals surface area contributed by atoms with Gasteiger partial charge in [-0.3, -0.25) is 0 Å². The molecule has 0 aliphatic rings. The molecular formula is C18H17BrN4. The number of nitrogens with one attached hydrogen (secondary N) is 2. The standard InChI is InChI=1S/C18H17BrN4/c1-13-3-2-4-14(9-13)11-20-17-10-18(22-12-21-17)23-16-7-5-15(19)6-8-16/h2-10,12H,11H2,1H3,(H2,20,21,22,23). The molecule has 0 aliphatic heterocycles. The minimum absolute atomic E-state index is 0.733. The Hall–Kier alpha value is -2.40. The second-order valence-corrected chi connectivity index (χ2v) is 6.18. The van der Waals surface area contributed by atoms with E-state index >= 15 is 0 Å². The first-order valence-electron chi connectivity index (χ1n) is 7.33. The lowest BCUT2D eigenvalue weighted by Crippen LogP contribution is -2.03. The molecule has 3 rings (SSSR count). The van der Waals surface area contributed by atoms with Crippen LogP contribution in [0.5, 0.6) is 0 Å². The van der Waals surface area contributed by atoms with Crippen molar-refractivity contribution in [2.24, 2.45) is 0 Å². The van der Waals surface area contributed by atoms with Crippen molar-refractivity contribution >= 4 is 33.3 Å². The molecule has 23 heavy (non-hydrogen) atoms. The highest BCUT2D eigenvalue weighted by Crippen LogP contribution is 2.19. The van der Waals surface area contributed by atoms with Gasteiger partial charge in [-0.25, -0.2) is 9.97 Å². The second kappa shape index (κ2) is 7.24. The summed E-state index contributed by atoms with van der Waals surface area (Å²) < 4.78 is 1.05. The van der Waals surface area contributed by atoms with Gasteiger partial charge in [0, 0.05) is 22.8 Å². The molecule has 4 nitrogen and oxygen atoms in total. The molecule has 116 valence electrons. The molecule has 0 unspecified atom stereocenters. The summed E-state index contributed by atoms with van der Waals surface area (Å²) in [5.41, 5.74) is 3.46. The number of hydrogen-bond donors (Lipinski definition) is 2. The minimum Gasteiger partial charge on any atom is -0.366 e. The summed E-state index contributed by atoms with van der Waals surface area (Å²) in [6.45, 7) is 2.82. The number of aromatic nitrogens is 2. The zero-order chi connectivity index (χ0) is 16.1. The molecule has 0 atom stereocenters. The molecule has 0 spiro atoms. The maximum Gasteiger partial charge on any atom is 0.135 e. The van der Waals surface area contributed by atoms with Crippen LogP contribution in [0.2, 0.25) is 0 Å². The van der Waals surface area contributed by atoms with Crippen molar-refractivity contribution < 1.29 is 0 Å². The van der Waals surface area contributed by atoms with Crippen LogP contribution in [0.4, 0.5) is 17.3 Å². The Bertz CT molecular complexity index is 787. The van der Waals surface area contributed by atoms with Crippen molar-refractivity contribution in [1.82, 2.24) is 9.97 Å². The Kier molecular flexibility index (Phi) is 4.88. The summed E-state index contributed by atoms with van der Waals surface area (Å²) >= 11 is 3.43. The summed E-state index contributed by atoms with van der Waals surface area (Å²) in [7, 11) is 0. The molecule has 2 N–H and O–H groups in total. The summed E-state index contributed by atoms with van der Waals surface area (Å²) in [5.74, 6) is 1.55. The number of halogens is 1. The molecule has 0 amide bonds. The topological polar surface area (TPSA) is 49.8 Å². The molecule has 3 aromatic rings. The van der Waals surface area contributed by atoms with E-state index in [9.17, 15) is 0 Å². The molecule has 0 bridgehead atoms. The van der Waals surface area contributed by atoms with Crippen LogP contribution in [0.3, 0.4) is 0 Å². The van der Waals surface area contributed by atoms with Crippen LogP contribution in [-0.2, 0) is 6.54 Å². The predicted octanol–water partition coefficient (Wildman–Crippen LogP) is 4.90. The Labute approximate surface area is 144 Å². The van der Waals surface area contributed by atoms with E-state index in [4.69, 9.17) is 0 Å². The number of rotatable bonds is 5. The summed E-state index contributed by atoms with van der Waals surface area (Å²) in [4.78, 5) is 8.52. The molecule has 0 saturated carbocycles. The Morgan fingerprint density at radius 3 is 2.52 bits per heavy atom. The van der Waals surface area contributed by atoms with E-state index in [1.807, 2.05) is 30.3 Å². The van der Waals surface area contributed by atoms with Gasteiger partial charge in [-0.1, -0.05) is 45.8 Å². The Morgan fingerprint density at radius 1 is 0.957 bits per heavy atom. The van der Waals surface area contributed by atoms with Gasteiger partial charge in [0.05, 0.1) is 0 Å². The van der Waals surface area contributed by atoms with E-state index in [1.54, 1.807) is 6.33 Å². The largest absolute Gasteiger partial charge is 0.366 e. The van der Waals surface area contributed by atoms with Gasteiger partial charge in [0.2, 0.25) is 0 Å². The lowest BCUT2D eigenvalue weighted by atomic mass is 10.1. The lowest BCUT2D eigenvalue weighted by Gasteiger charge is -2.09. The van der Waals surface area contributed by atoms with Gasteiger partial charge in [-0.2, -0.15) is 0 Å². The minimum atomic E-state index is 0.733. The summed E-state index contributed by atoms with van der Waals surface area (Å²) in [5, 5.41) is 6.59. The Balaban J connectivity index is 1.66. The third-order valence-corrected chi connectivity index (χ3v) is 3.87. The average molecular weight is 369 g/mol. The third-order valence-electron chi connectivity index (χ3n) is 3.34. The smallest absolute Gasteiger partial charge is 0.135 e. The Morgan fingerprint density at radius 2 is 1.74 bits per heavy atom. The predicted molar refractivity (Wildman–Crippen MR) is 98.0 cm³/mol. The van der Waals surface area contributed by atoms with Crippen LogP contribution in [0.1, 0.15) is 11.1 Å². The molecule has 0 fully saturated rings. The van der Waals surface area contributed by atoms with E-state index in [0.717, 1.165) is 28.3 Å². The number of benzene rings is 2. The quantitative estimate of drug-likeness (QED) is 0.672. The van der Waals surface area contributed by atoms with Crippen LogP contribution in [0.15, 0.2) is 65.4 Å². The number of hydrogen-bond acceptors (Lipinski definition) is 4. The van der Waals surface area contributed by atoms with Gasteiger partial charge in [0.15, 0.2) is 0 Å². The maximum atomic E-state index is 4.26. The van der Waals surface area contributed by atoms with Crippen molar-refractivity contribution in [1.29, 1.82) is 0 Å². The monoisotopic (exact) mass is 368 g/mol. The zero-order valence-corrected chi connectivity index (χ0v) is 14.3. The van der Waals surface area contributed by atoms with Crippen molar-refractivity contribution in [3.8, 4) is 0 Å². The van der Waals surface area contributed by atoms with Gasteiger partial charge in [0.25, 0.3) is 0 Å². The van der Waals surface area contributed by atoms with Gasteiger partial charge in [-0.15, -0.1) is 0 Å². The summed E-state index contributed by atoms with van der Waals surface area (Å²) in [6.07, 6.45) is 1.56. The summed E-state index contributed by atoms with van der Waals surface area (Å²) in [6, 6.07) is 18.3. The number of nitrogens with zero attached hydrogens (tertiary/aromatic N) is 2. The number of anilines is 3. The van der Waals surface area contributed by atoms with E-state index < -0.39 is 0 Å². The maximum absolute atomic E-state index is 4.26. The molecule has 0 saturated heterocycles. The van der Waals surface area contributed by atoms with Crippen molar-refractivity contribution in [3.63, 3.8) is 0 Å². The molecule has 1 aromatic heterocycles. The van der Waals surface area contributed by atoms with E-state index in [1.165, 1.54) is 11.1 Å². The van der Waals surface area contributed by atoms with Gasteiger partial charge in [0.1, 0.15) is 18.0 Å². The molecular weight excluding hydrogens is 352 g/mol. The zero-order valence-electron chi connectivity index (χ0n) is 12.8. The first kappa shape index (κ1) is 15.5. The highest BCUT2D eigenvalue weighted by atomic mass is 79.9. The average Bonchev–Trinajstić information content (AvgIpc) is 2.56. The van der Waals surface area contributed by atoms with Gasteiger partial charge in [-0.05, 0) is 36.8 Å². The van der Waals surface area contributed by atoms with Crippen LogP contribution in [-0.4, -0.2) is 9.97 Å². The van der Waals surface area contributed by atoms with Crippen LogP contribution in [0, 0.1) is 6.92 Å². The lowest BCUT2D eigenvalue weighted by molar-refractivity contribution is 1.08.